The molecule has 0 radical (unpaired) electrons. The molecule has 0 saturated heterocycles. The molecule has 0 aliphatic heterocycles. The highest BCUT2D eigenvalue weighted by molar-refractivity contribution is 6.02. The summed E-state index contributed by atoms with van der Waals surface area (Å²) in [5.41, 5.74) is 2.41. The Morgan fingerprint density at radius 1 is 1.35 bits per heavy atom. The lowest BCUT2D eigenvalue weighted by Gasteiger charge is -2.07. The van der Waals surface area contributed by atoms with Gasteiger partial charge in [0, 0.05) is 24.1 Å². The molecule has 0 aliphatic rings. The maximum absolute atomic E-state index is 12.4. The standard InChI is InChI=1S/C18H16F2N4O2/c1-11-14-9-13(10-21-17(14)24(2)23-11)22-16(25)8-7-12-5-3-4-6-15(12)26-18(19)20/h3-10,18H,1-2H3,(H,22,25). The molecule has 3 rings (SSSR count). The Bertz CT molecular complexity index is 982. The predicted octanol–water partition coefficient (Wildman–Crippen LogP) is 3.53. The van der Waals surface area contributed by atoms with Crippen LogP contribution >= 0.6 is 0 Å². The zero-order valence-corrected chi connectivity index (χ0v) is 14.1. The number of hydrogen-bond donors (Lipinski definition) is 1. The highest BCUT2D eigenvalue weighted by atomic mass is 19.3. The summed E-state index contributed by atoms with van der Waals surface area (Å²) in [5, 5.41) is 7.80. The lowest BCUT2D eigenvalue weighted by atomic mass is 10.2. The van der Waals surface area contributed by atoms with Crippen molar-refractivity contribution in [3.05, 3.63) is 53.9 Å². The van der Waals surface area contributed by atoms with Crippen LogP contribution in [-0.4, -0.2) is 27.3 Å². The van der Waals surface area contributed by atoms with E-state index in [1.165, 1.54) is 24.4 Å². The van der Waals surface area contributed by atoms with Gasteiger partial charge in [0.2, 0.25) is 5.91 Å². The molecule has 1 N–H and O–H groups in total. The van der Waals surface area contributed by atoms with E-state index in [2.05, 4.69) is 20.1 Å². The van der Waals surface area contributed by atoms with Crippen LogP contribution in [0.1, 0.15) is 11.3 Å². The number of hydrogen-bond acceptors (Lipinski definition) is 4. The van der Waals surface area contributed by atoms with Crippen molar-refractivity contribution >= 4 is 28.7 Å². The molecule has 0 saturated carbocycles. The molecule has 0 atom stereocenters. The molecule has 8 heteroatoms. The number of benzene rings is 1. The summed E-state index contributed by atoms with van der Waals surface area (Å²) in [7, 11) is 1.79. The SMILES string of the molecule is Cc1nn(C)c2ncc(NC(=O)C=Cc3ccccc3OC(F)F)cc12. The number of pyridine rings is 1. The summed E-state index contributed by atoms with van der Waals surface area (Å²) in [6.07, 6.45) is 4.19. The first-order chi connectivity index (χ1) is 12.4. The van der Waals surface area contributed by atoms with Crippen molar-refractivity contribution in [3.63, 3.8) is 0 Å². The monoisotopic (exact) mass is 358 g/mol. The van der Waals surface area contributed by atoms with Crippen molar-refractivity contribution in [2.75, 3.05) is 5.32 Å². The zero-order chi connectivity index (χ0) is 18.7. The van der Waals surface area contributed by atoms with Gasteiger partial charge in [0.05, 0.1) is 17.6 Å². The van der Waals surface area contributed by atoms with Crippen molar-refractivity contribution in [1.82, 2.24) is 14.8 Å². The number of aromatic nitrogens is 3. The molecule has 3 aromatic rings. The lowest BCUT2D eigenvalue weighted by Crippen LogP contribution is -2.08. The Kier molecular flexibility index (Phi) is 4.92. The number of anilines is 1. The first-order valence-electron chi connectivity index (χ1n) is 7.76. The molecule has 6 nitrogen and oxygen atoms in total. The molecule has 0 bridgehead atoms. The van der Waals surface area contributed by atoms with Gasteiger partial charge in [0.25, 0.3) is 0 Å². The fraction of sp³-hybridized carbons (Fsp3) is 0.167. The third-order valence-corrected chi connectivity index (χ3v) is 3.68. The van der Waals surface area contributed by atoms with Gasteiger partial charge < -0.3 is 10.1 Å². The topological polar surface area (TPSA) is 69.0 Å². The number of fused-ring (bicyclic) bond motifs is 1. The normalized spacial score (nSPS) is 11.4. The smallest absolute Gasteiger partial charge is 0.387 e. The van der Waals surface area contributed by atoms with Gasteiger partial charge in [-0.1, -0.05) is 18.2 Å². The van der Waals surface area contributed by atoms with Gasteiger partial charge in [-0.25, -0.2) is 4.98 Å². The molecule has 1 amide bonds. The van der Waals surface area contributed by atoms with Crippen molar-refractivity contribution in [3.8, 4) is 5.75 Å². The third-order valence-electron chi connectivity index (χ3n) is 3.68. The molecular formula is C18H16F2N4O2. The van der Waals surface area contributed by atoms with E-state index in [0.717, 1.165) is 11.1 Å². The van der Waals surface area contributed by atoms with Gasteiger partial charge in [-0.3, -0.25) is 9.48 Å². The molecule has 2 heterocycles. The summed E-state index contributed by atoms with van der Waals surface area (Å²) in [6.45, 7) is -1.07. The quantitative estimate of drug-likeness (QED) is 0.709. The van der Waals surface area contributed by atoms with E-state index in [4.69, 9.17) is 0 Å². The van der Waals surface area contributed by atoms with E-state index in [9.17, 15) is 13.6 Å². The Balaban J connectivity index is 1.75. The second-order valence-electron chi connectivity index (χ2n) is 5.54. The lowest BCUT2D eigenvalue weighted by molar-refractivity contribution is -0.111. The van der Waals surface area contributed by atoms with Gasteiger partial charge >= 0.3 is 6.61 Å². The molecule has 1 aromatic carbocycles. The largest absolute Gasteiger partial charge is 0.434 e. The summed E-state index contributed by atoms with van der Waals surface area (Å²) in [5.74, 6) is -0.417. The maximum Gasteiger partial charge on any atom is 0.387 e. The van der Waals surface area contributed by atoms with Gasteiger partial charge in [-0.2, -0.15) is 13.9 Å². The average Bonchev–Trinajstić information content (AvgIpc) is 2.87. The summed E-state index contributed by atoms with van der Waals surface area (Å²) >= 11 is 0. The molecule has 0 fully saturated rings. The van der Waals surface area contributed by atoms with E-state index in [0.29, 0.717) is 16.9 Å². The minimum Gasteiger partial charge on any atom is -0.434 e. The molecule has 0 aliphatic carbocycles. The molecule has 0 unspecified atom stereocenters. The average molecular weight is 358 g/mol. The first-order valence-corrected chi connectivity index (χ1v) is 7.76. The van der Waals surface area contributed by atoms with E-state index in [-0.39, 0.29) is 5.75 Å². The number of rotatable bonds is 5. The van der Waals surface area contributed by atoms with E-state index < -0.39 is 12.5 Å². The van der Waals surface area contributed by atoms with Crippen LogP contribution in [0.3, 0.4) is 0 Å². The van der Waals surface area contributed by atoms with Gasteiger partial charge in [0.15, 0.2) is 5.65 Å². The number of halogens is 2. The second kappa shape index (κ2) is 7.30. The fourth-order valence-electron chi connectivity index (χ4n) is 2.55. The second-order valence-corrected chi connectivity index (χ2v) is 5.54. The predicted molar refractivity (Wildman–Crippen MR) is 94.0 cm³/mol. The van der Waals surface area contributed by atoms with Crippen LogP contribution in [0.15, 0.2) is 42.6 Å². The van der Waals surface area contributed by atoms with Crippen molar-refractivity contribution in [2.24, 2.45) is 7.05 Å². The van der Waals surface area contributed by atoms with E-state index in [1.54, 1.807) is 36.0 Å². The zero-order valence-electron chi connectivity index (χ0n) is 14.1. The summed E-state index contributed by atoms with van der Waals surface area (Å²) < 4.78 is 30.9. The van der Waals surface area contributed by atoms with Crippen LogP contribution in [0.5, 0.6) is 5.75 Å². The van der Waals surface area contributed by atoms with Gasteiger partial charge in [-0.05, 0) is 25.1 Å². The summed E-state index contributed by atoms with van der Waals surface area (Å²) in [4.78, 5) is 16.4. The molecule has 2 aromatic heterocycles. The van der Waals surface area contributed by atoms with Crippen LogP contribution in [0, 0.1) is 6.92 Å². The molecule has 134 valence electrons. The van der Waals surface area contributed by atoms with E-state index >= 15 is 0 Å². The van der Waals surface area contributed by atoms with Gasteiger partial charge in [0.1, 0.15) is 5.75 Å². The van der Waals surface area contributed by atoms with Crippen LogP contribution in [-0.2, 0) is 11.8 Å². The minimum atomic E-state index is -2.93. The third kappa shape index (κ3) is 3.85. The number of alkyl halides is 2. The Morgan fingerprint density at radius 2 is 2.12 bits per heavy atom. The molecule has 0 spiro atoms. The highest BCUT2D eigenvalue weighted by Gasteiger charge is 2.09. The number of nitrogens with zero attached hydrogens (tertiary/aromatic N) is 3. The molecular weight excluding hydrogens is 342 g/mol. The Morgan fingerprint density at radius 3 is 2.88 bits per heavy atom. The van der Waals surface area contributed by atoms with Crippen LogP contribution in [0.25, 0.3) is 17.1 Å². The number of aryl methyl sites for hydroxylation is 2. The maximum atomic E-state index is 12.4. The highest BCUT2D eigenvalue weighted by Crippen LogP contribution is 2.22. The number of para-hydroxylation sites is 1. The minimum absolute atomic E-state index is 0.000575. The van der Waals surface area contributed by atoms with Crippen LogP contribution in [0.2, 0.25) is 0 Å². The number of carbonyl (C=O) groups is 1. The number of amides is 1. The number of ether oxygens (including phenoxy) is 1. The van der Waals surface area contributed by atoms with Crippen molar-refractivity contribution in [2.45, 2.75) is 13.5 Å². The van der Waals surface area contributed by atoms with Gasteiger partial charge in [-0.15, -0.1) is 0 Å². The van der Waals surface area contributed by atoms with Crippen molar-refractivity contribution < 1.29 is 18.3 Å². The van der Waals surface area contributed by atoms with Crippen LogP contribution in [0.4, 0.5) is 14.5 Å². The number of nitrogens with one attached hydrogen (secondary N) is 1. The van der Waals surface area contributed by atoms with E-state index in [1.807, 2.05) is 6.92 Å². The van der Waals surface area contributed by atoms with Crippen LogP contribution < -0.4 is 10.1 Å². The molecule has 26 heavy (non-hydrogen) atoms. The number of carbonyl (C=O) groups excluding carboxylic acids is 1. The fourth-order valence-corrected chi connectivity index (χ4v) is 2.55. The Labute approximate surface area is 148 Å². The summed E-state index contributed by atoms with van der Waals surface area (Å²) in [6, 6.07) is 8.01. The van der Waals surface area contributed by atoms with Crippen molar-refractivity contribution in [1.29, 1.82) is 0 Å². The first kappa shape index (κ1) is 17.5. The Hall–Kier alpha value is -3.29.